The van der Waals surface area contributed by atoms with Crippen molar-refractivity contribution in [1.82, 2.24) is 23.8 Å². The highest BCUT2D eigenvalue weighted by Gasteiger charge is 2.30. The summed E-state index contributed by atoms with van der Waals surface area (Å²) in [4.78, 5) is 27.2. The molecule has 6 rings (SSSR count). The van der Waals surface area contributed by atoms with Crippen molar-refractivity contribution in [2.45, 2.75) is 33.9 Å². The number of rotatable bonds is 3. The number of amides is 1. The first-order valence-electron chi connectivity index (χ1n) is 10.9. The van der Waals surface area contributed by atoms with Gasteiger partial charge in [-0.3, -0.25) is 9.36 Å². The molecule has 0 aliphatic carbocycles. The molecule has 0 unspecified atom stereocenters. The minimum absolute atomic E-state index is 0.0650. The van der Waals surface area contributed by atoms with Gasteiger partial charge in [-0.2, -0.15) is 0 Å². The van der Waals surface area contributed by atoms with Crippen LogP contribution in [0, 0.1) is 20.8 Å². The van der Waals surface area contributed by atoms with Gasteiger partial charge in [0, 0.05) is 64.6 Å². The number of hydrogen-bond donors (Lipinski definition) is 0. The Morgan fingerprint density at radius 2 is 1.67 bits per heavy atom. The molecule has 1 aliphatic rings. The molecule has 0 radical (unpaired) electrons. The van der Waals surface area contributed by atoms with E-state index in [2.05, 4.69) is 47.6 Å². The van der Waals surface area contributed by atoms with E-state index in [0.29, 0.717) is 19.0 Å². The highest BCUT2D eigenvalue weighted by molar-refractivity contribution is 7.15. The second-order valence-electron chi connectivity index (χ2n) is 8.65. The Morgan fingerprint density at radius 3 is 2.33 bits per heavy atom. The molecule has 1 amide bonds. The number of aromatic nitrogens is 4. The lowest BCUT2D eigenvalue weighted by molar-refractivity contribution is 0.0753. The fourth-order valence-corrected chi connectivity index (χ4v) is 5.53. The van der Waals surface area contributed by atoms with Gasteiger partial charge in [0.1, 0.15) is 0 Å². The molecule has 0 aromatic carbocycles. The van der Waals surface area contributed by atoms with Crippen LogP contribution in [0.15, 0.2) is 61.2 Å². The van der Waals surface area contributed by atoms with Crippen molar-refractivity contribution in [3.63, 3.8) is 0 Å². The Balaban J connectivity index is 1.34. The number of carbonyl (C=O) groups is 1. The van der Waals surface area contributed by atoms with Crippen molar-refractivity contribution in [3.8, 4) is 16.4 Å². The van der Waals surface area contributed by atoms with Gasteiger partial charge in [0.2, 0.25) is 5.95 Å². The topological polar surface area (TPSA) is 55.4 Å². The van der Waals surface area contributed by atoms with Gasteiger partial charge in [0.05, 0.1) is 11.1 Å². The van der Waals surface area contributed by atoms with Crippen molar-refractivity contribution in [1.29, 1.82) is 0 Å². The Bertz CT molecular complexity index is 1500. The summed E-state index contributed by atoms with van der Waals surface area (Å²) in [7, 11) is 0. The zero-order valence-electron chi connectivity index (χ0n) is 18.7. The van der Waals surface area contributed by atoms with Crippen molar-refractivity contribution in [2.24, 2.45) is 0 Å². The van der Waals surface area contributed by atoms with Crippen LogP contribution in [-0.4, -0.2) is 29.7 Å². The van der Waals surface area contributed by atoms with Crippen LogP contribution in [-0.2, 0) is 13.1 Å². The van der Waals surface area contributed by atoms with E-state index in [4.69, 9.17) is 0 Å². The molecule has 5 aromatic heterocycles. The molecular formula is C26H23N5OS. The standard InChI is InChI=1S/C26H23N5OS/c1-16-10-17(2)28-26(27-16)31-13-19-11-30(12-20(19)14-31)25(32)24-21(23-8-7-18(3)33-23)15-29-9-5-4-6-22(24)29/h4-10,13-15H,11-12H2,1-3H3. The molecule has 0 fully saturated rings. The van der Waals surface area contributed by atoms with Gasteiger partial charge in [0.15, 0.2) is 0 Å². The first-order chi connectivity index (χ1) is 16.0. The third-order valence-corrected chi connectivity index (χ3v) is 7.15. The molecule has 0 bridgehead atoms. The molecule has 6 nitrogen and oxygen atoms in total. The summed E-state index contributed by atoms with van der Waals surface area (Å²) >= 11 is 1.72. The van der Waals surface area contributed by atoms with Gasteiger partial charge in [-0.15, -0.1) is 11.3 Å². The van der Waals surface area contributed by atoms with Crippen LogP contribution in [0.4, 0.5) is 0 Å². The Kier molecular flexibility index (Phi) is 4.48. The predicted molar refractivity (Wildman–Crippen MR) is 130 cm³/mol. The van der Waals surface area contributed by atoms with E-state index >= 15 is 0 Å². The number of thiophene rings is 1. The van der Waals surface area contributed by atoms with Gasteiger partial charge in [-0.1, -0.05) is 6.07 Å². The van der Waals surface area contributed by atoms with Crippen molar-refractivity contribution in [2.75, 3.05) is 0 Å². The van der Waals surface area contributed by atoms with Crippen LogP contribution < -0.4 is 0 Å². The van der Waals surface area contributed by atoms with E-state index in [9.17, 15) is 4.79 Å². The van der Waals surface area contributed by atoms with Crippen LogP contribution in [0.3, 0.4) is 0 Å². The minimum Gasteiger partial charge on any atom is -0.330 e. The van der Waals surface area contributed by atoms with Crippen LogP contribution in [0.1, 0.15) is 37.7 Å². The van der Waals surface area contributed by atoms with Crippen molar-refractivity contribution < 1.29 is 4.79 Å². The smallest absolute Gasteiger partial charge is 0.257 e. The zero-order chi connectivity index (χ0) is 22.7. The lowest BCUT2D eigenvalue weighted by Crippen LogP contribution is -2.26. The number of aryl methyl sites for hydroxylation is 3. The maximum Gasteiger partial charge on any atom is 0.257 e. The first kappa shape index (κ1) is 19.9. The Labute approximate surface area is 195 Å². The van der Waals surface area contributed by atoms with Crippen molar-refractivity contribution >= 4 is 22.8 Å². The Morgan fingerprint density at radius 1 is 0.939 bits per heavy atom. The van der Waals surface area contributed by atoms with Gasteiger partial charge in [-0.05, 0) is 62.2 Å². The van der Waals surface area contributed by atoms with Crippen LogP contribution in [0.5, 0.6) is 0 Å². The molecule has 164 valence electrons. The van der Waals surface area contributed by atoms with Crippen LogP contribution in [0.2, 0.25) is 0 Å². The zero-order valence-corrected chi connectivity index (χ0v) is 19.6. The molecule has 0 atom stereocenters. The molecule has 7 heteroatoms. The summed E-state index contributed by atoms with van der Waals surface area (Å²) in [6.45, 7) is 7.21. The highest BCUT2D eigenvalue weighted by atomic mass is 32.1. The van der Waals surface area contributed by atoms with Gasteiger partial charge >= 0.3 is 0 Å². The average molecular weight is 454 g/mol. The molecule has 0 N–H and O–H groups in total. The summed E-state index contributed by atoms with van der Waals surface area (Å²) in [5, 5.41) is 0. The molecule has 0 saturated heterocycles. The fraction of sp³-hybridized carbons (Fsp3) is 0.192. The molecule has 0 spiro atoms. The number of hydrogen-bond acceptors (Lipinski definition) is 4. The second-order valence-corrected chi connectivity index (χ2v) is 9.94. The molecule has 1 aliphatic heterocycles. The molecule has 0 saturated carbocycles. The van der Waals surface area contributed by atoms with Crippen molar-refractivity contribution in [3.05, 3.63) is 94.1 Å². The van der Waals surface area contributed by atoms with Gasteiger partial charge in [0.25, 0.3) is 5.91 Å². The van der Waals surface area contributed by atoms with E-state index in [1.165, 1.54) is 4.88 Å². The van der Waals surface area contributed by atoms with Gasteiger partial charge in [-0.25, -0.2) is 9.97 Å². The van der Waals surface area contributed by atoms with Gasteiger partial charge < -0.3 is 9.30 Å². The first-order valence-corrected chi connectivity index (χ1v) is 11.8. The number of pyridine rings is 1. The van der Waals surface area contributed by atoms with Crippen LogP contribution >= 0.6 is 11.3 Å². The molecular weight excluding hydrogens is 430 g/mol. The average Bonchev–Trinajstić information content (AvgIpc) is 3.53. The highest BCUT2D eigenvalue weighted by Crippen LogP contribution is 2.36. The number of nitrogens with zero attached hydrogens (tertiary/aromatic N) is 5. The largest absolute Gasteiger partial charge is 0.330 e. The van der Waals surface area contributed by atoms with E-state index in [0.717, 1.165) is 44.0 Å². The molecule has 6 heterocycles. The fourth-order valence-electron chi connectivity index (χ4n) is 4.64. The second kappa shape index (κ2) is 7.42. The Hall–Kier alpha value is -3.71. The third-order valence-electron chi connectivity index (χ3n) is 6.12. The normalized spacial score (nSPS) is 13.1. The summed E-state index contributed by atoms with van der Waals surface area (Å²) in [5.41, 5.74) is 6.88. The van der Waals surface area contributed by atoms with E-state index in [-0.39, 0.29) is 5.91 Å². The minimum atomic E-state index is 0.0650. The molecule has 33 heavy (non-hydrogen) atoms. The maximum atomic E-state index is 13.8. The SMILES string of the molecule is Cc1cc(C)nc(-n2cc3c(c2)CN(C(=O)c2c(-c4ccc(C)s4)cn4ccccc24)C3)n1. The molecule has 5 aromatic rings. The quantitative estimate of drug-likeness (QED) is 0.371. The van der Waals surface area contributed by atoms with E-state index < -0.39 is 0 Å². The maximum absolute atomic E-state index is 13.8. The van der Waals surface area contributed by atoms with E-state index in [1.807, 2.05) is 58.2 Å². The summed E-state index contributed by atoms with van der Waals surface area (Å²) < 4.78 is 4.02. The van der Waals surface area contributed by atoms with E-state index in [1.54, 1.807) is 11.3 Å². The third kappa shape index (κ3) is 3.36. The lowest BCUT2D eigenvalue weighted by atomic mass is 10.1. The number of fused-ring (bicyclic) bond motifs is 2. The predicted octanol–water partition coefficient (Wildman–Crippen LogP) is 5.33. The van der Waals surface area contributed by atoms with Crippen LogP contribution in [0.25, 0.3) is 21.9 Å². The monoisotopic (exact) mass is 453 g/mol. The lowest BCUT2D eigenvalue weighted by Gasteiger charge is -2.17. The summed E-state index contributed by atoms with van der Waals surface area (Å²) in [6, 6.07) is 12.2. The summed E-state index contributed by atoms with van der Waals surface area (Å²) in [5.74, 6) is 0.740. The number of carbonyl (C=O) groups excluding carboxylic acids is 1. The summed E-state index contributed by atoms with van der Waals surface area (Å²) in [6.07, 6.45) is 8.18.